The molecule has 0 unspecified atom stereocenters. The van der Waals surface area contributed by atoms with Gasteiger partial charge >= 0.3 is 0 Å². The van der Waals surface area contributed by atoms with Gasteiger partial charge in [0.15, 0.2) is 5.96 Å². The molecule has 1 saturated heterocycles. The summed E-state index contributed by atoms with van der Waals surface area (Å²) in [6, 6.07) is 8.54. The molecular weight excluding hydrogens is 427 g/mol. The highest BCUT2D eigenvalue weighted by Crippen LogP contribution is 2.20. The van der Waals surface area contributed by atoms with Gasteiger partial charge in [-0.25, -0.2) is 0 Å². The second kappa shape index (κ2) is 11.3. The van der Waals surface area contributed by atoms with Crippen LogP contribution in [-0.4, -0.2) is 44.0 Å². The molecule has 0 aromatic heterocycles. The number of aryl methyl sites for hydroxylation is 1. The summed E-state index contributed by atoms with van der Waals surface area (Å²) in [5.74, 6) is 1.59. The molecule has 1 aromatic carbocycles. The predicted octanol–water partition coefficient (Wildman–Crippen LogP) is 2.79. The van der Waals surface area contributed by atoms with Crippen LogP contribution in [0.2, 0.25) is 0 Å². The van der Waals surface area contributed by atoms with Gasteiger partial charge in [-0.1, -0.05) is 31.2 Å². The van der Waals surface area contributed by atoms with Crippen LogP contribution in [0.15, 0.2) is 29.3 Å². The molecule has 0 spiro atoms. The zero-order valence-electron chi connectivity index (χ0n) is 15.5. The van der Waals surface area contributed by atoms with Crippen molar-refractivity contribution < 1.29 is 4.79 Å². The van der Waals surface area contributed by atoms with Gasteiger partial charge in [-0.2, -0.15) is 0 Å². The monoisotopic (exact) mass is 458 g/mol. The maximum Gasteiger partial charge on any atom is 0.220 e. The van der Waals surface area contributed by atoms with E-state index in [0.29, 0.717) is 12.3 Å². The van der Waals surface area contributed by atoms with Crippen molar-refractivity contribution in [2.24, 2.45) is 10.9 Å². The van der Waals surface area contributed by atoms with Gasteiger partial charge in [0.05, 0.1) is 0 Å². The first kappa shape index (κ1) is 21.7. The average molecular weight is 458 g/mol. The van der Waals surface area contributed by atoms with E-state index in [2.05, 4.69) is 51.7 Å². The van der Waals surface area contributed by atoms with Gasteiger partial charge in [0.1, 0.15) is 0 Å². The Labute approximate surface area is 168 Å². The molecule has 0 saturated carbocycles. The molecule has 1 heterocycles. The number of likely N-dealkylation sites (tertiary alicyclic amines) is 1. The third kappa shape index (κ3) is 6.49. The number of halogens is 1. The minimum absolute atomic E-state index is 0. The largest absolute Gasteiger partial charge is 0.359 e. The lowest BCUT2D eigenvalue weighted by Gasteiger charge is -2.34. The SMILES string of the molecule is CCc1ccccc1CNC(=NC)N1CCC(CC(=O)NC)CC1.I. The summed E-state index contributed by atoms with van der Waals surface area (Å²) >= 11 is 0. The average Bonchev–Trinajstić information content (AvgIpc) is 2.63. The normalized spacial score (nSPS) is 15.5. The highest BCUT2D eigenvalue weighted by atomic mass is 127. The molecule has 2 rings (SSSR count). The first-order valence-corrected chi connectivity index (χ1v) is 8.90. The second-order valence-electron chi connectivity index (χ2n) is 6.33. The maximum atomic E-state index is 11.5. The highest BCUT2D eigenvalue weighted by Gasteiger charge is 2.23. The zero-order valence-corrected chi connectivity index (χ0v) is 17.9. The summed E-state index contributed by atoms with van der Waals surface area (Å²) in [6.45, 7) is 4.90. The molecule has 6 heteroatoms. The van der Waals surface area contributed by atoms with Crippen molar-refractivity contribution in [3.63, 3.8) is 0 Å². The summed E-state index contributed by atoms with van der Waals surface area (Å²) in [4.78, 5) is 18.2. The third-order valence-electron chi connectivity index (χ3n) is 4.82. The van der Waals surface area contributed by atoms with Crippen LogP contribution in [0.5, 0.6) is 0 Å². The van der Waals surface area contributed by atoms with E-state index in [1.165, 1.54) is 11.1 Å². The Morgan fingerprint density at radius 1 is 1.24 bits per heavy atom. The fourth-order valence-corrected chi connectivity index (χ4v) is 3.29. The minimum atomic E-state index is 0. The number of hydrogen-bond donors (Lipinski definition) is 2. The number of piperidine rings is 1. The summed E-state index contributed by atoms with van der Waals surface area (Å²) < 4.78 is 0. The van der Waals surface area contributed by atoms with E-state index in [1.54, 1.807) is 7.05 Å². The van der Waals surface area contributed by atoms with E-state index in [1.807, 2.05) is 7.05 Å². The standard InChI is InChI=1S/C19H30N4O.HI/c1-4-16-7-5-6-8-17(16)14-22-19(21-3)23-11-9-15(10-12-23)13-18(24)20-2;/h5-8,15H,4,9-14H2,1-3H3,(H,20,24)(H,21,22);1H. The van der Waals surface area contributed by atoms with Gasteiger partial charge in [-0.3, -0.25) is 9.79 Å². The smallest absolute Gasteiger partial charge is 0.220 e. The Kier molecular flexibility index (Phi) is 9.85. The molecule has 1 amide bonds. The summed E-state index contributed by atoms with van der Waals surface area (Å²) in [5, 5.41) is 6.21. The van der Waals surface area contributed by atoms with Crippen LogP contribution >= 0.6 is 24.0 Å². The van der Waals surface area contributed by atoms with Crippen molar-refractivity contribution in [2.45, 2.75) is 39.2 Å². The van der Waals surface area contributed by atoms with E-state index >= 15 is 0 Å². The zero-order chi connectivity index (χ0) is 17.4. The number of aliphatic imine (C=N–C) groups is 1. The van der Waals surface area contributed by atoms with Crippen LogP contribution in [0.3, 0.4) is 0 Å². The molecule has 5 nitrogen and oxygen atoms in total. The van der Waals surface area contributed by atoms with E-state index in [9.17, 15) is 4.79 Å². The molecule has 1 aliphatic heterocycles. The Hall–Kier alpha value is -1.31. The molecule has 0 aliphatic carbocycles. The Morgan fingerprint density at radius 3 is 2.44 bits per heavy atom. The minimum Gasteiger partial charge on any atom is -0.359 e. The number of carbonyl (C=O) groups is 1. The number of benzene rings is 1. The molecule has 140 valence electrons. The van der Waals surface area contributed by atoms with Crippen LogP contribution in [0, 0.1) is 5.92 Å². The van der Waals surface area contributed by atoms with E-state index in [0.717, 1.165) is 44.9 Å². The van der Waals surface area contributed by atoms with Gasteiger partial charge in [-0.15, -0.1) is 24.0 Å². The molecule has 25 heavy (non-hydrogen) atoms. The lowest BCUT2D eigenvalue weighted by molar-refractivity contribution is -0.121. The first-order chi connectivity index (χ1) is 11.7. The summed E-state index contributed by atoms with van der Waals surface area (Å²) in [6.07, 6.45) is 3.76. The highest BCUT2D eigenvalue weighted by molar-refractivity contribution is 14.0. The number of nitrogens with one attached hydrogen (secondary N) is 2. The van der Waals surface area contributed by atoms with Crippen molar-refractivity contribution in [2.75, 3.05) is 27.2 Å². The lowest BCUT2D eigenvalue weighted by atomic mass is 9.93. The number of guanidine groups is 1. The van der Waals surface area contributed by atoms with E-state index in [-0.39, 0.29) is 29.9 Å². The van der Waals surface area contributed by atoms with Gasteiger partial charge in [0, 0.05) is 40.2 Å². The molecule has 0 bridgehead atoms. The van der Waals surface area contributed by atoms with Gasteiger partial charge in [0.25, 0.3) is 0 Å². The number of hydrogen-bond acceptors (Lipinski definition) is 2. The Balaban J connectivity index is 0.00000312. The summed E-state index contributed by atoms with van der Waals surface area (Å²) in [5.41, 5.74) is 2.71. The van der Waals surface area contributed by atoms with Crippen molar-refractivity contribution in [3.05, 3.63) is 35.4 Å². The van der Waals surface area contributed by atoms with Crippen LogP contribution < -0.4 is 10.6 Å². The van der Waals surface area contributed by atoms with Crippen molar-refractivity contribution >= 4 is 35.8 Å². The van der Waals surface area contributed by atoms with Crippen molar-refractivity contribution in [1.29, 1.82) is 0 Å². The quantitative estimate of drug-likeness (QED) is 0.406. The Bertz CT molecular complexity index is 568. The van der Waals surface area contributed by atoms with E-state index < -0.39 is 0 Å². The number of nitrogens with zero attached hydrogens (tertiary/aromatic N) is 2. The maximum absolute atomic E-state index is 11.5. The fourth-order valence-electron chi connectivity index (χ4n) is 3.29. The van der Waals surface area contributed by atoms with Crippen LogP contribution in [0.4, 0.5) is 0 Å². The molecule has 1 aliphatic rings. The predicted molar refractivity (Wildman–Crippen MR) is 114 cm³/mol. The Morgan fingerprint density at radius 2 is 1.88 bits per heavy atom. The number of rotatable bonds is 5. The van der Waals surface area contributed by atoms with Crippen LogP contribution in [-0.2, 0) is 17.8 Å². The van der Waals surface area contributed by atoms with Crippen molar-refractivity contribution in [3.8, 4) is 0 Å². The van der Waals surface area contributed by atoms with Gasteiger partial charge < -0.3 is 15.5 Å². The van der Waals surface area contributed by atoms with Gasteiger partial charge in [-0.05, 0) is 36.3 Å². The summed E-state index contributed by atoms with van der Waals surface area (Å²) in [7, 11) is 3.54. The molecule has 2 N–H and O–H groups in total. The topological polar surface area (TPSA) is 56.7 Å². The molecule has 0 atom stereocenters. The number of amides is 1. The van der Waals surface area contributed by atoms with Crippen molar-refractivity contribution in [1.82, 2.24) is 15.5 Å². The number of carbonyl (C=O) groups excluding carboxylic acids is 1. The fraction of sp³-hybridized carbons (Fsp3) is 0.579. The molecule has 1 fully saturated rings. The molecule has 1 aromatic rings. The van der Waals surface area contributed by atoms with Gasteiger partial charge in [0.2, 0.25) is 5.91 Å². The van der Waals surface area contributed by atoms with Crippen LogP contribution in [0.1, 0.15) is 37.3 Å². The first-order valence-electron chi connectivity index (χ1n) is 8.90. The van der Waals surface area contributed by atoms with Crippen LogP contribution in [0.25, 0.3) is 0 Å². The van der Waals surface area contributed by atoms with E-state index in [4.69, 9.17) is 0 Å². The third-order valence-corrected chi connectivity index (χ3v) is 4.82. The molecule has 0 radical (unpaired) electrons. The lowest BCUT2D eigenvalue weighted by Crippen LogP contribution is -2.45. The molecular formula is C19H31IN4O. The second-order valence-corrected chi connectivity index (χ2v) is 6.33.